The molecule has 0 spiro atoms. The Kier molecular flexibility index (Phi) is 10.8. The first-order chi connectivity index (χ1) is 18.6. The quantitative estimate of drug-likeness (QED) is 0.198. The van der Waals surface area contributed by atoms with Crippen LogP contribution in [0.25, 0.3) is 0 Å². The molecular weight excluding hydrogens is 508 g/mol. The van der Waals surface area contributed by atoms with E-state index in [2.05, 4.69) is 10.6 Å². The van der Waals surface area contributed by atoms with Gasteiger partial charge in [-0.1, -0.05) is 36.8 Å². The van der Waals surface area contributed by atoms with E-state index in [4.69, 9.17) is 9.94 Å². The fraction of sp³-hybridized carbons (Fsp3) is 0.593. The summed E-state index contributed by atoms with van der Waals surface area (Å²) in [5.74, 6) is -2.95. The molecule has 3 amide bonds. The number of ether oxygens (including phenoxy) is 1. The van der Waals surface area contributed by atoms with Gasteiger partial charge in [0, 0.05) is 12.6 Å². The molecule has 3 fully saturated rings. The number of piperazine rings is 1. The number of carbonyl (C=O) groups excluding carboxylic acids is 4. The number of fused-ring (bicyclic) bond motifs is 1. The third-order valence-electron chi connectivity index (χ3n) is 7.37. The molecule has 1 aromatic carbocycles. The first kappa shape index (κ1) is 30.0. The standard InChI is InChI=1S/C23H32N2O5.C4H6N2O3/c1-3-30-23(29)18(13-12-16-8-5-4-6-9-16)24-15(2)21(26)25-19-11-7-10-17(19)14-20(25)22(27)28;7-3-4(8)6(9)2-1-5-3/h4-6,8-9,15,17-20,24H,3,7,10-14H2,1-2H3,(H,27,28);9H,1-2H2,(H,5,7)/t15-,17-,18-,19-,20-;/m0./s1. The molecule has 2 saturated heterocycles. The highest BCUT2D eigenvalue weighted by atomic mass is 16.5. The monoisotopic (exact) mass is 546 g/mol. The Balaban J connectivity index is 0.000000395. The maximum atomic E-state index is 13.2. The van der Waals surface area contributed by atoms with Crippen LogP contribution in [0.15, 0.2) is 30.3 Å². The fourth-order valence-electron chi connectivity index (χ4n) is 5.46. The van der Waals surface area contributed by atoms with Crippen LogP contribution in [0.2, 0.25) is 0 Å². The summed E-state index contributed by atoms with van der Waals surface area (Å²) >= 11 is 0. The number of hydrogen-bond acceptors (Lipinski definition) is 8. The van der Waals surface area contributed by atoms with Gasteiger partial charge in [0.2, 0.25) is 5.91 Å². The maximum Gasteiger partial charge on any atom is 0.335 e. The third kappa shape index (κ3) is 7.76. The number of rotatable bonds is 9. The minimum absolute atomic E-state index is 0.00629. The Morgan fingerprint density at radius 3 is 2.51 bits per heavy atom. The van der Waals surface area contributed by atoms with Gasteiger partial charge in [-0.15, -0.1) is 0 Å². The van der Waals surface area contributed by atoms with Crippen LogP contribution < -0.4 is 10.6 Å². The molecule has 1 saturated carbocycles. The number of carboxylic acid groups (broad SMARTS) is 1. The molecule has 214 valence electrons. The second kappa shape index (κ2) is 14.0. The average Bonchev–Trinajstić information content (AvgIpc) is 3.52. The zero-order chi connectivity index (χ0) is 28.5. The highest BCUT2D eigenvalue weighted by molar-refractivity contribution is 6.35. The SMILES string of the molecule is CCOC(=O)[C@H](CCc1ccccc1)N[C@@H](C)C(=O)N1[C@H](C(=O)O)C[C@@H]2CCC[C@@H]21.O=C1NCCN(O)C1=O. The Labute approximate surface area is 227 Å². The second-order valence-electron chi connectivity index (χ2n) is 10.00. The number of hydroxylamine groups is 2. The van der Waals surface area contributed by atoms with Crippen LogP contribution in [0, 0.1) is 5.92 Å². The van der Waals surface area contributed by atoms with Crippen LogP contribution in [0.4, 0.5) is 0 Å². The number of aryl methyl sites for hydroxylation is 1. The van der Waals surface area contributed by atoms with Gasteiger partial charge in [0.05, 0.1) is 19.2 Å². The Bertz CT molecular complexity index is 1040. The second-order valence-corrected chi connectivity index (χ2v) is 10.00. The molecule has 0 unspecified atom stereocenters. The van der Waals surface area contributed by atoms with E-state index in [1.54, 1.807) is 18.7 Å². The molecular formula is C27H38N4O8. The lowest BCUT2D eigenvalue weighted by Crippen LogP contribution is -2.55. The molecule has 39 heavy (non-hydrogen) atoms. The van der Waals surface area contributed by atoms with Crippen LogP contribution in [0.1, 0.15) is 51.5 Å². The summed E-state index contributed by atoms with van der Waals surface area (Å²) in [6.07, 6.45) is 4.54. The molecule has 2 aliphatic heterocycles. The number of hydrogen-bond donors (Lipinski definition) is 4. The van der Waals surface area contributed by atoms with Crippen molar-refractivity contribution in [2.45, 2.75) is 76.5 Å². The van der Waals surface area contributed by atoms with Gasteiger partial charge < -0.3 is 20.1 Å². The van der Waals surface area contributed by atoms with E-state index in [0.29, 0.717) is 30.9 Å². The number of nitrogens with zero attached hydrogens (tertiary/aromatic N) is 2. The number of carbonyl (C=O) groups is 5. The first-order valence-corrected chi connectivity index (χ1v) is 13.4. The van der Waals surface area contributed by atoms with E-state index in [-0.39, 0.29) is 37.0 Å². The van der Waals surface area contributed by atoms with Crippen LogP contribution in [0.5, 0.6) is 0 Å². The lowest BCUT2D eigenvalue weighted by atomic mass is 10.0. The number of nitrogens with one attached hydrogen (secondary N) is 2. The predicted molar refractivity (Wildman–Crippen MR) is 138 cm³/mol. The molecule has 12 heteroatoms. The number of esters is 1. The summed E-state index contributed by atoms with van der Waals surface area (Å²) < 4.78 is 5.21. The Morgan fingerprint density at radius 2 is 1.90 bits per heavy atom. The van der Waals surface area contributed by atoms with Crippen molar-refractivity contribution >= 4 is 29.7 Å². The minimum atomic E-state index is -0.948. The highest BCUT2D eigenvalue weighted by Gasteiger charge is 2.49. The largest absolute Gasteiger partial charge is 0.480 e. The van der Waals surface area contributed by atoms with Crippen molar-refractivity contribution in [3.8, 4) is 0 Å². The average molecular weight is 547 g/mol. The van der Waals surface area contributed by atoms with Crippen molar-refractivity contribution in [1.29, 1.82) is 0 Å². The van der Waals surface area contributed by atoms with Gasteiger partial charge in [-0.25, -0.2) is 9.86 Å². The summed E-state index contributed by atoms with van der Waals surface area (Å²) in [5.41, 5.74) is 1.10. The lowest BCUT2D eigenvalue weighted by molar-refractivity contribution is -0.174. The number of likely N-dealkylation sites (tertiary alicyclic amines) is 1. The molecule has 12 nitrogen and oxygen atoms in total. The van der Waals surface area contributed by atoms with E-state index < -0.39 is 35.9 Å². The molecule has 1 aliphatic carbocycles. The summed E-state index contributed by atoms with van der Waals surface area (Å²) in [5, 5.41) is 24.0. The first-order valence-electron chi connectivity index (χ1n) is 13.4. The third-order valence-corrected chi connectivity index (χ3v) is 7.37. The number of aliphatic carboxylic acids is 1. The molecule has 0 bridgehead atoms. The van der Waals surface area contributed by atoms with Crippen molar-refractivity contribution in [1.82, 2.24) is 20.6 Å². The van der Waals surface area contributed by atoms with E-state index in [1.165, 1.54) is 0 Å². The molecule has 0 radical (unpaired) electrons. The van der Waals surface area contributed by atoms with Gasteiger partial charge in [-0.2, -0.15) is 0 Å². The predicted octanol–water partition coefficient (Wildman–Crippen LogP) is 0.717. The van der Waals surface area contributed by atoms with Crippen molar-refractivity contribution in [2.24, 2.45) is 5.92 Å². The summed E-state index contributed by atoms with van der Waals surface area (Å²) in [6.45, 7) is 4.22. The maximum absolute atomic E-state index is 13.2. The zero-order valence-electron chi connectivity index (χ0n) is 22.4. The summed E-state index contributed by atoms with van der Waals surface area (Å²) in [7, 11) is 0. The van der Waals surface area contributed by atoms with Gasteiger partial charge in [-0.3, -0.25) is 29.7 Å². The fourth-order valence-corrected chi connectivity index (χ4v) is 5.46. The summed E-state index contributed by atoms with van der Waals surface area (Å²) in [4.78, 5) is 59.8. The number of amides is 3. The molecule has 0 aromatic heterocycles. The van der Waals surface area contributed by atoms with Gasteiger partial charge in [-0.05, 0) is 57.4 Å². The molecule has 4 N–H and O–H groups in total. The van der Waals surface area contributed by atoms with Gasteiger partial charge in [0.25, 0.3) is 0 Å². The normalized spacial score (nSPS) is 23.7. The smallest absolute Gasteiger partial charge is 0.335 e. The van der Waals surface area contributed by atoms with Crippen LogP contribution in [-0.2, 0) is 35.1 Å². The van der Waals surface area contributed by atoms with Crippen molar-refractivity contribution < 1.29 is 39.0 Å². The van der Waals surface area contributed by atoms with E-state index in [0.717, 1.165) is 24.8 Å². The van der Waals surface area contributed by atoms with Crippen LogP contribution in [-0.4, -0.2) is 93.8 Å². The van der Waals surface area contributed by atoms with E-state index in [1.807, 2.05) is 30.3 Å². The Morgan fingerprint density at radius 1 is 1.18 bits per heavy atom. The molecule has 4 rings (SSSR count). The number of benzene rings is 1. The molecule has 5 atom stereocenters. The van der Waals surface area contributed by atoms with Crippen LogP contribution >= 0.6 is 0 Å². The van der Waals surface area contributed by atoms with Crippen molar-refractivity contribution in [2.75, 3.05) is 19.7 Å². The molecule has 2 heterocycles. The van der Waals surface area contributed by atoms with Crippen molar-refractivity contribution in [3.05, 3.63) is 35.9 Å². The molecule has 3 aliphatic rings. The zero-order valence-corrected chi connectivity index (χ0v) is 22.4. The minimum Gasteiger partial charge on any atom is -0.480 e. The Hall–Kier alpha value is -3.51. The van der Waals surface area contributed by atoms with E-state index >= 15 is 0 Å². The number of carboxylic acids is 1. The van der Waals surface area contributed by atoms with E-state index in [9.17, 15) is 29.1 Å². The van der Waals surface area contributed by atoms with Crippen molar-refractivity contribution in [3.63, 3.8) is 0 Å². The van der Waals surface area contributed by atoms with Gasteiger partial charge >= 0.3 is 23.8 Å². The van der Waals surface area contributed by atoms with Crippen LogP contribution in [0.3, 0.4) is 0 Å². The van der Waals surface area contributed by atoms with Gasteiger partial charge in [0.15, 0.2) is 0 Å². The van der Waals surface area contributed by atoms with Gasteiger partial charge in [0.1, 0.15) is 12.1 Å². The topological polar surface area (TPSA) is 166 Å². The summed E-state index contributed by atoms with van der Waals surface area (Å²) in [6, 6.07) is 7.76. The molecule has 1 aromatic rings. The highest BCUT2D eigenvalue weighted by Crippen LogP contribution is 2.41. The lowest BCUT2D eigenvalue weighted by Gasteiger charge is -2.31.